The number of benzene rings is 1. The molecular formula is C21H29ClN2O5. The third-order valence-electron chi connectivity index (χ3n) is 4.06. The van der Waals surface area contributed by atoms with Crippen LogP contribution in [-0.4, -0.2) is 31.3 Å². The molecule has 0 saturated carbocycles. The summed E-state index contributed by atoms with van der Waals surface area (Å²) in [6.07, 6.45) is -0.0974. The quantitative estimate of drug-likeness (QED) is 0.606. The van der Waals surface area contributed by atoms with E-state index >= 15 is 0 Å². The molecule has 2 amide bonds. The van der Waals surface area contributed by atoms with Crippen LogP contribution in [0.3, 0.4) is 0 Å². The SMILES string of the molecule is CCOc1cc(C2NC(=O)NC(C)=C2C(=O)OCC(C)C)cc(Cl)c1OC(C)C. The fourth-order valence-electron chi connectivity index (χ4n) is 2.90. The lowest BCUT2D eigenvalue weighted by molar-refractivity contribution is -0.140. The number of hydrogen-bond donors (Lipinski definition) is 2. The Labute approximate surface area is 176 Å². The Balaban J connectivity index is 2.49. The second-order valence-electron chi connectivity index (χ2n) is 7.49. The number of halogens is 1. The van der Waals surface area contributed by atoms with E-state index in [9.17, 15) is 9.59 Å². The van der Waals surface area contributed by atoms with Crippen LogP contribution in [0.2, 0.25) is 5.02 Å². The third-order valence-corrected chi connectivity index (χ3v) is 4.34. The maximum absolute atomic E-state index is 12.8. The van der Waals surface area contributed by atoms with E-state index in [1.807, 2.05) is 34.6 Å². The first-order chi connectivity index (χ1) is 13.6. The first kappa shape index (κ1) is 22.9. The Morgan fingerprint density at radius 2 is 1.93 bits per heavy atom. The van der Waals surface area contributed by atoms with E-state index in [4.69, 9.17) is 25.8 Å². The number of hydrogen-bond acceptors (Lipinski definition) is 5. The van der Waals surface area contributed by atoms with Gasteiger partial charge in [-0.2, -0.15) is 0 Å². The van der Waals surface area contributed by atoms with Gasteiger partial charge in [0, 0.05) is 5.70 Å². The molecule has 0 aromatic heterocycles. The Bertz CT molecular complexity index is 805. The average Bonchev–Trinajstić information content (AvgIpc) is 2.61. The molecule has 0 fully saturated rings. The van der Waals surface area contributed by atoms with Crippen molar-refractivity contribution in [2.24, 2.45) is 5.92 Å². The average molecular weight is 425 g/mol. The van der Waals surface area contributed by atoms with E-state index < -0.39 is 18.0 Å². The minimum atomic E-state index is -0.729. The molecule has 2 rings (SSSR count). The molecule has 0 spiro atoms. The summed E-state index contributed by atoms with van der Waals surface area (Å²) < 4.78 is 16.9. The van der Waals surface area contributed by atoms with Gasteiger partial charge in [-0.1, -0.05) is 25.4 Å². The number of carbonyl (C=O) groups is 2. The zero-order valence-corrected chi connectivity index (χ0v) is 18.5. The first-order valence-corrected chi connectivity index (χ1v) is 10.1. The summed E-state index contributed by atoms with van der Waals surface area (Å²) in [4.78, 5) is 24.9. The van der Waals surface area contributed by atoms with Crippen molar-refractivity contribution >= 4 is 23.6 Å². The van der Waals surface area contributed by atoms with Gasteiger partial charge in [-0.25, -0.2) is 9.59 Å². The highest BCUT2D eigenvalue weighted by Crippen LogP contribution is 2.40. The predicted octanol–water partition coefficient (Wildman–Crippen LogP) is 4.35. The maximum Gasteiger partial charge on any atom is 0.338 e. The van der Waals surface area contributed by atoms with Crippen molar-refractivity contribution in [2.75, 3.05) is 13.2 Å². The van der Waals surface area contributed by atoms with Crippen molar-refractivity contribution in [3.63, 3.8) is 0 Å². The number of amides is 2. The molecule has 2 N–H and O–H groups in total. The molecule has 7 nitrogen and oxygen atoms in total. The van der Waals surface area contributed by atoms with Gasteiger partial charge in [0.1, 0.15) is 0 Å². The molecular weight excluding hydrogens is 396 g/mol. The lowest BCUT2D eigenvalue weighted by atomic mass is 9.95. The largest absolute Gasteiger partial charge is 0.490 e. The molecule has 8 heteroatoms. The molecule has 1 aromatic carbocycles. The number of esters is 1. The van der Waals surface area contributed by atoms with E-state index in [1.54, 1.807) is 19.1 Å². The molecule has 29 heavy (non-hydrogen) atoms. The molecule has 1 heterocycles. The van der Waals surface area contributed by atoms with Crippen LogP contribution in [0.25, 0.3) is 0 Å². The second kappa shape index (κ2) is 9.87. The van der Waals surface area contributed by atoms with Crippen LogP contribution in [-0.2, 0) is 9.53 Å². The van der Waals surface area contributed by atoms with Gasteiger partial charge in [-0.15, -0.1) is 0 Å². The third kappa shape index (κ3) is 5.79. The Morgan fingerprint density at radius 1 is 1.24 bits per heavy atom. The lowest BCUT2D eigenvalue weighted by Gasteiger charge is -2.29. The van der Waals surface area contributed by atoms with E-state index in [-0.39, 0.29) is 18.6 Å². The number of carbonyl (C=O) groups excluding carboxylic acids is 2. The number of urea groups is 1. The standard InChI is InChI=1S/C21H29ClN2O5/c1-7-27-16-9-14(8-15(22)19(16)29-12(4)5)18-17(13(6)23-21(26)24-18)20(25)28-10-11(2)3/h8-9,11-12,18H,7,10H2,1-6H3,(H2,23,24,26). The molecule has 1 aliphatic rings. The topological polar surface area (TPSA) is 85.9 Å². The van der Waals surface area contributed by atoms with Gasteiger partial charge >= 0.3 is 12.0 Å². The van der Waals surface area contributed by atoms with Crippen molar-refractivity contribution in [1.29, 1.82) is 0 Å². The van der Waals surface area contributed by atoms with Gasteiger partial charge in [-0.3, -0.25) is 0 Å². The summed E-state index contributed by atoms with van der Waals surface area (Å²) in [5.74, 6) is 0.572. The molecule has 160 valence electrons. The van der Waals surface area contributed by atoms with E-state index in [1.165, 1.54) is 0 Å². The lowest BCUT2D eigenvalue weighted by Crippen LogP contribution is -2.45. The molecule has 0 saturated heterocycles. The van der Waals surface area contributed by atoms with Crippen LogP contribution in [0.5, 0.6) is 11.5 Å². The fraction of sp³-hybridized carbons (Fsp3) is 0.524. The molecule has 0 bridgehead atoms. The Hall–Kier alpha value is -2.41. The van der Waals surface area contributed by atoms with Crippen molar-refractivity contribution in [1.82, 2.24) is 10.6 Å². The zero-order valence-electron chi connectivity index (χ0n) is 17.7. The van der Waals surface area contributed by atoms with Crippen LogP contribution in [0, 0.1) is 5.92 Å². The van der Waals surface area contributed by atoms with Crippen molar-refractivity contribution < 1.29 is 23.8 Å². The number of rotatable bonds is 8. The molecule has 0 radical (unpaired) electrons. The minimum Gasteiger partial charge on any atom is -0.490 e. The zero-order chi connectivity index (χ0) is 21.7. The Morgan fingerprint density at radius 3 is 2.52 bits per heavy atom. The van der Waals surface area contributed by atoms with Crippen LogP contribution in [0.1, 0.15) is 53.1 Å². The van der Waals surface area contributed by atoms with Crippen LogP contribution < -0.4 is 20.1 Å². The number of nitrogens with one attached hydrogen (secondary N) is 2. The van der Waals surface area contributed by atoms with E-state index in [2.05, 4.69) is 10.6 Å². The summed E-state index contributed by atoms with van der Waals surface area (Å²) in [5, 5.41) is 5.74. The highest BCUT2D eigenvalue weighted by molar-refractivity contribution is 6.32. The van der Waals surface area contributed by atoms with Gasteiger partial charge < -0.3 is 24.8 Å². The Kier molecular flexibility index (Phi) is 7.79. The van der Waals surface area contributed by atoms with Crippen molar-refractivity contribution in [2.45, 2.75) is 53.7 Å². The monoisotopic (exact) mass is 424 g/mol. The summed E-state index contributed by atoms with van der Waals surface area (Å²) in [7, 11) is 0. The van der Waals surface area contributed by atoms with Gasteiger partial charge in [0.2, 0.25) is 0 Å². The van der Waals surface area contributed by atoms with Gasteiger partial charge in [-0.05, 0) is 51.3 Å². The molecule has 1 aliphatic heterocycles. The molecule has 1 atom stereocenters. The maximum atomic E-state index is 12.8. The minimum absolute atomic E-state index is 0.0974. The summed E-state index contributed by atoms with van der Waals surface area (Å²) in [6, 6.07) is 2.26. The van der Waals surface area contributed by atoms with E-state index in [0.717, 1.165) is 0 Å². The normalized spacial score (nSPS) is 16.6. The smallest absolute Gasteiger partial charge is 0.338 e. The van der Waals surface area contributed by atoms with Crippen molar-refractivity contribution in [3.05, 3.63) is 34.0 Å². The number of ether oxygens (including phenoxy) is 3. The highest BCUT2D eigenvalue weighted by atomic mass is 35.5. The summed E-state index contributed by atoms with van der Waals surface area (Å²) in [6.45, 7) is 11.9. The van der Waals surface area contributed by atoms with Crippen molar-refractivity contribution in [3.8, 4) is 11.5 Å². The summed E-state index contributed by atoms with van der Waals surface area (Å²) in [5.41, 5.74) is 1.35. The predicted molar refractivity (Wildman–Crippen MR) is 111 cm³/mol. The van der Waals surface area contributed by atoms with Gasteiger partial charge in [0.25, 0.3) is 0 Å². The van der Waals surface area contributed by atoms with Crippen LogP contribution in [0.4, 0.5) is 4.79 Å². The first-order valence-electron chi connectivity index (χ1n) is 9.72. The molecule has 1 unspecified atom stereocenters. The van der Waals surface area contributed by atoms with Gasteiger partial charge in [0.05, 0.1) is 36.0 Å². The van der Waals surface area contributed by atoms with Crippen LogP contribution >= 0.6 is 11.6 Å². The molecule has 1 aromatic rings. The second-order valence-corrected chi connectivity index (χ2v) is 7.90. The van der Waals surface area contributed by atoms with E-state index in [0.29, 0.717) is 40.0 Å². The molecule has 0 aliphatic carbocycles. The highest BCUT2D eigenvalue weighted by Gasteiger charge is 2.33. The van der Waals surface area contributed by atoms with Crippen LogP contribution in [0.15, 0.2) is 23.4 Å². The van der Waals surface area contributed by atoms with Gasteiger partial charge in [0.15, 0.2) is 11.5 Å². The number of allylic oxidation sites excluding steroid dienone is 1. The summed E-state index contributed by atoms with van der Waals surface area (Å²) >= 11 is 6.47. The fourth-order valence-corrected chi connectivity index (χ4v) is 3.17.